The van der Waals surface area contributed by atoms with Crippen LogP contribution in [0.3, 0.4) is 0 Å². The first-order valence-corrected chi connectivity index (χ1v) is 12.3. The Bertz CT molecular complexity index is 1010. The molecule has 0 spiro atoms. The highest BCUT2D eigenvalue weighted by Gasteiger charge is 2.41. The number of carbonyl (C=O) groups is 1. The van der Waals surface area contributed by atoms with Crippen LogP contribution in [-0.4, -0.2) is 46.7 Å². The Morgan fingerprint density at radius 2 is 1.94 bits per heavy atom. The van der Waals surface area contributed by atoms with Crippen LogP contribution in [0.25, 0.3) is 0 Å². The second-order valence-electron chi connectivity index (χ2n) is 7.95. The van der Waals surface area contributed by atoms with Crippen molar-refractivity contribution in [1.82, 2.24) is 15.1 Å². The minimum atomic E-state index is -3.66. The van der Waals surface area contributed by atoms with Crippen molar-refractivity contribution in [3.8, 4) is 5.75 Å². The molecule has 3 rings (SSSR count). The number of nitrogens with zero attached hydrogens (tertiary/aromatic N) is 3. The topological polar surface area (TPSA) is 164 Å². The second kappa shape index (κ2) is 10.7. The number of hydrogen-bond acceptors (Lipinski definition) is 10. The number of anilines is 2. The summed E-state index contributed by atoms with van der Waals surface area (Å²) in [6.45, 7) is 5.29. The van der Waals surface area contributed by atoms with Gasteiger partial charge in [-0.1, -0.05) is 18.2 Å². The molecule has 2 aromatic rings. The molecule has 0 radical (unpaired) electrons. The van der Waals surface area contributed by atoms with Crippen molar-refractivity contribution >= 4 is 37.0 Å². The van der Waals surface area contributed by atoms with Gasteiger partial charge in [-0.05, 0) is 39.3 Å². The summed E-state index contributed by atoms with van der Waals surface area (Å²) in [5, 5.41) is 2.87. The fraction of sp³-hybridized carbons (Fsp3) is 0.429. The number of esters is 1. The molecule has 0 bridgehead atoms. The van der Waals surface area contributed by atoms with E-state index < -0.39 is 25.4 Å². The average molecular weight is 476 g/mol. The van der Waals surface area contributed by atoms with Crippen molar-refractivity contribution in [2.45, 2.75) is 45.4 Å². The molecular formula is C21H29N6O5P. The maximum atomic E-state index is 13.7. The van der Waals surface area contributed by atoms with E-state index in [9.17, 15) is 9.36 Å². The van der Waals surface area contributed by atoms with Crippen LogP contribution >= 0.6 is 7.52 Å². The van der Waals surface area contributed by atoms with Gasteiger partial charge < -0.3 is 25.5 Å². The zero-order valence-corrected chi connectivity index (χ0v) is 19.6. The Morgan fingerprint density at radius 3 is 2.58 bits per heavy atom. The number of nitrogen functional groups attached to an aromatic ring is 2. The van der Waals surface area contributed by atoms with Crippen LogP contribution in [0.15, 0.2) is 41.7 Å². The Kier molecular flexibility index (Phi) is 8.01. The van der Waals surface area contributed by atoms with Gasteiger partial charge in [0.05, 0.1) is 12.2 Å². The summed E-state index contributed by atoms with van der Waals surface area (Å²) in [6, 6.07) is 7.64. The number of benzene rings is 1. The van der Waals surface area contributed by atoms with Gasteiger partial charge in [-0.25, -0.2) is 15.1 Å². The lowest BCUT2D eigenvalue weighted by atomic mass is 9.95. The van der Waals surface area contributed by atoms with Gasteiger partial charge in [-0.2, -0.15) is 0 Å². The number of ether oxygens (including phenoxy) is 2. The first kappa shape index (κ1) is 24.6. The molecule has 11 nitrogen and oxygen atoms in total. The van der Waals surface area contributed by atoms with Gasteiger partial charge in [0.1, 0.15) is 30.2 Å². The van der Waals surface area contributed by atoms with Crippen LogP contribution in [-0.2, 0) is 18.8 Å². The van der Waals surface area contributed by atoms with E-state index in [1.165, 1.54) is 12.5 Å². The summed E-state index contributed by atoms with van der Waals surface area (Å²) in [5.74, 6) is -0.591. The maximum Gasteiger partial charge on any atom is 0.342 e. The van der Waals surface area contributed by atoms with Crippen LogP contribution in [0, 0.1) is 5.92 Å². The smallest absolute Gasteiger partial charge is 0.342 e. The Labute approximate surface area is 192 Å². The summed E-state index contributed by atoms with van der Waals surface area (Å²) < 4.78 is 30.7. The quantitative estimate of drug-likeness (QED) is 0.321. The van der Waals surface area contributed by atoms with Gasteiger partial charge in [-0.15, -0.1) is 0 Å². The molecule has 0 saturated carbocycles. The molecule has 2 unspecified atom stereocenters. The van der Waals surface area contributed by atoms with E-state index in [4.69, 9.17) is 25.5 Å². The van der Waals surface area contributed by atoms with Crippen molar-refractivity contribution in [2.75, 3.05) is 17.8 Å². The molecule has 0 amide bonds. The number of hydrogen-bond donors (Lipinski definition) is 3. The van der Waals surface area contributed by atoms with Gasteiger partial charge in [0.25, 0.3) is 0 Å². The number of nitrogens with two attached hydrogens (primary N) is 2. The van der Waals surface area contributed by atoms with Crippen LogP contribution in [0.4, 0.5) is 17.3 Å². The fourth-order valence-corrected chi connectivity index (χ4v) is 5.07. The number of rotatable bonds is 6. The first-order chi connectivity index (χ1) is 15.7. The van der Waals surface area contributed by atoms with E-state index >= 15 is 0 Å². The third-order valence-corrected chi connectivity index (χ3v) is 6.44. The lowest BCUT2D eigenvalue weighted by Gasteiger charge is -2.33. The van der Waals surface area contributed by atoms with Gasteiger partial charge in [0.2, 0.25) is 0 Å². The minimum Gasteiger partial charge on any atom is -0.462 e. The van der Waals surface area contributed by atoms with Crippen LogP contribution in [0.5, 0.6) is 5.75 Å². The van der Waals surface area contributed by atoms with Crippen molar-refractivity contribution in [3.63, 3.8) is 0 Å². The van der Waals surface area contributed by atoms with Gasteiger partial charge in [-0.3, -0.25) is 14.4 Å². The van der Waals surface area contributed by atoms with Crippen molar-refractivity contribution in [3.05, 3.63) is 36.7 Å². The predicted octanol–water partition coefficient (Wildman–Crippen LogP) is 2.91. The van der Waals surface area contributed by atoms with Crippen molar-refractivity contribution in [1.29, 1.82) is 0 Å². The minimum absolute atomic E-state index is 0.0984. The SMILES string of the molecule is CC(C)OC(=O)[C@H]1N[P@@](=O)(Oc2ccccc2)COC(C)CC1C=Nc1c(N)ncnc1N. The summed E-state index contributed by atoms with van der Waals surface area (Å²) in [6.07, 6.45) is 2.17. The molecule has 2 heterocycles. The Balaban J connectivity index is 1.96. The highest BCUT2D eigenvalue weighted by atomic mass is 31.2. The van der Waals surface area contributed by atoms with Crippen LogP contribution < -0.4 is 21.1 Å². The number of aromatic nitrogens is 2. The summed E-state index contributed by atoms with van der Waals surface area (Å²) in [4.78, 5) is 25.2. The highest BCUT2D eigenvalue weighted by Crippen LogP contribution is 2.46. The van der Waals surface area contributed by atoms with E-state index in [1.807, 2.05) is 13.0 Å². The summed E-state index contributed by atoms with van der Waals surface area (Å²) in [7, 11) is -3.66. The number of carbonyl (C=O) groups excluding carboxylic acids is 1. The number of nitrogens with one attached hydrogen (secondary N) is 1. The summed E-state index contributed by atoms with van der Waals surface area (Å²) >= 11 is 0. The standard InChI is InChI=1S/C21H29N6O5P/c1-13(2)31-21(28)17-15(10-24-18-19(22)25-11-26-20(18)23)9-14(3)30-12-33(29,27-17)32-16-7-5-4-6-8-16/h4-8,10-11,13-15,17H,9,12H2,1-3H3,(H,27,29)(H4,22,23,25,26)/t14?,15?,17-,33-/m0/s1. The van der Waals surface area contributed by atoms with E-state index in [2.05, 4.69) is 20.0 Å². The largest absolute Gasteiger partial charge is 0.462 e. The predicted molar refractivity (Wildman–Crippen MR) is 125 cm³/mol. The van der Waals surface area contributed by atoms with E-state index in [0.717, 1.165) is 0 Å². The molecule has 4 atom stereocenters. The fourth-order valence-electron chi connectivity index (χ4n) is 3.25. The third-order valence-electron chi connectivity index (χ3n) is 4.77. The first-order valence-electron chi connectivity index (χ1n) is 10.5. The molecule has 33 heavy (non-hydrogen) atoms. The van der Waals surface area contributed by atoms with Crippen LogP contribution in [0.1, 0.15) is 27.2 Å². The lowest BCUT2D eigenvalue weighted by Crippen LogP contribution is -2.47. The third kappa shape index (κ3) is 6.74. The Morgan fingerprint density at radius 1 is 1.27 bits per heavy atom. The van der Waals surface area contributed by atoms with Gasteiger partial charge in [0, 0.05) is 12.1 Å². The van der Waals surface area contributed by atoms with Crippen molar-refractivity contribution in [2.24, 2.45) is 10.9 Å². The van der Waals surface area contributed by atoms with E-state index in [1.54, 1.807) is 38.1 Å². The monoisotopic (exact) mass is 476 g/mol. The average Bonchev–Trinajstić information content (AvgIpc) is 2.74. The molecule has 5 N–H and O–H groups in total. The van der Waals surface area contributed by atoms with Crippen molar-refractivity contribution < 1.29 is 23.4 Å². The molecule has 1 fully saturated rings. The zero-order chi connectivity index (χ0) is 24.0. The van der Waals surface area contributed by atoms with Gasteiger partial charge >= 0.3 is 13.5 Å². The molecule has 1 aliphatic rings. The van der Waals surface area contributed by atoms with Gasteiger partial charge in [0.15, 0.2) is 11.6 Å². The second-order valence-corrected chi connectivity index (χ2v) is 9.99. The lowest BCUT2D eigenvalue weighted by molar-refractivity contribution is -0.150. The Hall–Kier alpha value is -3.01. The zero-order valence-electron chi connectivity index (χ0n) is 18.7. The highest BCUT2D eigenvalue weighted by molar-refractivity contribution is 7.57. The molecule has 0 aliphatic carbocycles. The van der Waals surface area contributed by atoms with E-state index in [0.29, 0.717) is 12.2 Å². The molecule has 12 heteroatoms. The molecule has 1 saturated heterocycles. The molecule has 1 aliphatic heterocycles. The van der Waals surface area contributed by atoms with Crippen LogP contribution in [0.2, 0.25) is 0 Å². The molecule has 178 valence electrons. The molecular weight excluding hydrogens is 447 g/mol. The normalized spacial score (nSPS) is 26.0. The molecule has 1 aromatic heterocycles. The maximum absolute atomic E-state index is 13.7. The molecule has 1 aromatic carbocycles. The van der Waals surface area contributed by atoms with E-state index in [-0.39, 0.29) is 35.9 Å². The summed E-state index contributed by atoms with van der Waals surface area (Å²) in [5.41, 5.74) is 11.9. The number of aliphatic imine (C=N–C) groups is 1. The number of para-hydroxylation sites is 1.